The summed E-state index contributed by atoms with van der Waals surface area (Å²) in [7, 11) is 0. The molecule has 1 heterocycles. The predicted octanol–water partition coefficient (Wildman–Crippen LogP) is 2.77. The standard InChI is InChI=1S/C12H23N3OS/c1-5-9(2)17-8-10-14-11(16-15-10)6-7-12(3,4)13/h9H,5-8,13H2,1-4H3. The molecule has 1 aromatic heterocycles. The first-order valence-electron chi connectivity index (χ1n) is 6.12. The van der Waals surface area contributed by atoms with Crippen molar-refractivity contribution in [2.75, 3.05) is 0 Å². The minimum absolute atomic E-state index is 0.180. The van der Waals surface area contributed by atoms with Gasteiger partial charge >= 0.3 is 0 Å². The number of aromatic nitrogens is 2. The molecule has 1 aromatic rings. The largest absolute Gasteiger partial charge is 0.339 e. The van der Waals surface area contributed by atoms with Gasteiger partial charge < -0.3 is 10.3 Å². The Labute approximate surface area is 108 Å². The summed E-state index contributed by atoms with van der Waals surface area (Å²) in [5.41, 5.74) is 5.73. The van der Waals surface area contributed by atoms with E-state index in [4.69, 9.17) is 10.3 Å². The van der Waals surface area contributed by atoms with Crippen molar-refractivity contribution < 1.29 is 4.52 Å². The van der Waals surface area contributed by atoms with Crippen LogP contribution in [-0.4, -0.2) is 20.9 Å². The summed E-state index contributed by atoms with van der Waals surface area (Å²) in [6.45, 7) is 8.40. The molecule has 0 spiro atoms. The van der Waals surface area contributed by atoms with Crippen molar-refractivity contribution in [3.05, 3.63) is 11.7 Å². The molecule has 4 nitrogen and oxygen atoms in total. The van der Waals surface area contributed by atoms with Gasteiger partial charge in [0.1, 0.15) is 0 Å². The summed E-state index contributed by atoms with van der Waals surface area (Å²) in [6.07, 6.45) is 2.77. The molecular formula is C12H23N3OS. The van der Waals surface area contributed by atoms with E-state index in [9.17, 15) is 0 Å². The lowest BCUT2D eigenvalue weighted by molar-refractivity contribution is 0.355. The van der Waals surface area contributed by atoms with Crippen LogP contribution in [0, 0.1) is 0 Å². The summed E-state index contributed by atoms with van der Waals surface area (Å²) in [5, 5.41) is 4.61. The van der Waals surface area contributed by atoms with Gasteiger partial charge in [-0.3, -0.25) is 0 Å². The monoisotopic (exact) mass is 257 g/mol. The number of hydrogen-bond donors (Lipinski definition) is 1. The highest BCUT2D eigenvalue weighted by Gasteiger charge is 2.14. The van der Waals surface area contributed by atoms with Gasteiger partial charge in [0.25, 0.3) is 0 Å². The molecule has 1 rings (SSSR count). The molecule has 0 saturated carbocycles. The van der Waals surface area contributed by atoms with Gasteiger partial charge in [-0.15, -0.1) is 0 Å². The average Bonchev–Trinajstić information content (AvgIpc) is 2.70. The lowest BCUT2D eigenvalue weighted by atomic mass is 10.0. The molecule has 0 fully saturated rings. The Bertz CT molecular complexity index is 333. The van der Waals surface area contributed by atoms with Crippen LogP contribution in [0.15, 0.2) is 4.52 Å². The van der Waals surface area contributed by atoms with Crippen LogP contribution in [-0.2, 0) is 12.2 Å². The first-order chi connectivity index (χ1) is 7.90. The smallest absolute Gasteiger partial charge is 0.226 e. The molecule has 0 radical (unpaired) electrons. The van der Waals surface area contributed by atoms with Crippen LogP contribution in [0.1, 0.15) is 52.3 Å². The summed E-state index contributed by atoms with van der Waals surface area (Å²) in [4.78, 5) is 4.37. The minimum Gasteiger partial charge on any atom is -0.339 e. The highest BCUT2D eigenvalue weighted by atomic mass is 32.2. The fourth-order valence-electron chi connectivity index (χ4n) is 1.21. The van der Waals surface area contributed by atoms with E-state index in [1.54, 1.807) is 0 Å². The lowest BCUT2D eigenvalue weighted by Crippen LogP contribution is -2.32. The lowest BCUT2D eigenvalue weighted by Gasteiger charge is -2.16. The van der Waals surface area contributed by atoms with Crippen LogP contribution in [0.5, 0.6) is 0 Å². The van der Waals surface area contributed by atoms with Crippen molar-refractivity contribution in [2.24, 2.45) is 5.73 Å². The Morgan fingerprint density at radius 3 is 2.76 bits per heavy atom. The van der Waals surface area contributed by atoms with Gasteiger partial charge in [-0.2, -0.15) is 16.7 Å². The Balaban J connectivity index is 2.37. The zero-order valence-corrected chi connectivity index (χ0v) is 12.0. The van der Waals surface area contributed by atoms with E-state index in [0.29, 0.717) is 11.1 Å². The third-order valence-electron chi connectivity index (χ3n) is 2.57. The molecule has 0 bridgehead atoms. The molecule has 98 valence electrons. The molecule has 0 saturated heterocycles. The van der Waals surface area contributed by atoms with Crippen LogP contribution < -0.4 is 5.73 Å². The van der Waals surface area contributed by atoms with Gasteiger partial charge in [-0.1, -0.05) is 19.0 Å². The summed E-state index contributed by atoms with van der Waals surface area (Å²) < 4.78 is 5.20. The third-order valence-corrected chi connectivity index (χ3v) is 3.89. The van der Waals surface area contributed by atoms with E-state index in [1.807, 2.05) is 25.6 Å². The van der Waals surface area contributed by atoms with Gasteiger partial charge in [-0.25, -0.2) is 0 Å². The highest BCUT2D eigenvalue weighted by Crippen LogP contribution is 2.18. The van der Waals surface area contributed by atoms with E-state index in [-0.39, 0.29) is 5.54 Å². The molecule has 0 aromatic carbocycles. The summed E-state index contributed by atoms with van der Waals surface area (Å²) >= 11 is 1.86. The zero-order valence-electron chi connectivity index (χ0n) is 11.2. The number of aryl methyl sites for hydroxylation is 1. The molecular weight excluding hydrogens is 234 g/mol. The molecule has 1 atom stereocenters. The maximum Gasteiger partial charge on any atom is 0.226 e. The Hall–Kier alpha value is -0.550. The third kappa shape index (κ3) is 6.07. The number of nitrogens with two attached hydrogens (primary N) is 1. The van der Waals surface area contributed by atoms with Crippen molar-refractivity contribution in [2.45, 2.75) is 63.5 Å². The van der Waals surface area contributed by atoms with Crippen molar-refractivity contribution in [1.29, 1.82) is 0 Å². The average molecular weight is 257 g/mol. The highest BCUT2D eigenvalue weighted by molar-refractivity contribution is 7.99. The Morgan fingerprint density at radius 2 is 2.18 bits per heavy atom. The second-order valence-corrected chi connectivity index (χ2v) is 6.55. The predicted molar refractivity (Wildman–Crippen MR) is 71.9 cm³/mol. The van der Waals surface area contributed by atoms with Crippen LogP contribution in [0.2, 0.25) is 0 Å². The second-order valence-electron chi connectivity index (χ2n) is 5.12. The number of rotatable bonds is 7. The maximum atomic E-state index is 5.91. The van der Waals surface area contributed by atoms with E-state index in [2.05, 4.69) is 24.0 Å². The van der Waals surface area contributed by atoms with E-state index < -0.39 is 0 Å². The molecule has 0 amide bonds. The van der Waals surface area contributed by atoms with Crippen molar-refractivity contribution in [3.63, 3.8) is 0 Å². The maximum absolute atomic E-state index is 5.91. The van der Waals surface area contributed by atoms with Crippen molar-refractivity contribution in [1.82, 2.24) is 10.1 Å². The zero-order chi connectivity index (χ0) is 12.9. The summed E-state index contributed by atoms with van der Waals surface area (Å²) in [6, 6.07) is 0. The van der Waals surface area contributed by atoms with Crippen LogP contribution >= 0.6 is 11.8 Å². The minimum atomic E-state index is -0.180. The fraction of sp³-hybridized carbons (Fsp3) is 0.833. The topological polar surface area (TPSA) is 64.9 Å². The quantitative estimate of drug-likeness (QED) is 0.813. The van der Waals surface area contributed by atoms with Gasteiger partial charge in [0.15, 0.2) is 5.82 Å². The fourth-order valence-corrected chi connectivity index (χ4v) is 2.00. The van der Waals surface area contributed by atoms with Gasteiger partial charge in [0.2, 0.25) is 5.89 Å². The van der Waals surface area contributed by atoms with Gasteiger partial charge in [0.05, 0.1) is 5.75 Å². The second kappa shape index (κ2) is 6.40. The van der Waals surface area contributed by atoms with Crippen LogP contribution in [0.25, 0.3) is 0 Å². The molecule has 0 aliphatic rings. The van der Waals surface area contributed by atoms with Gasteiger partial charge in [-0.05, 0) is 26.7 Å². The molecule has 17 heavy (non-hydrogen) atoms. The van der Waals surface area contributed by atoms with Crippen LogP contribution in [0.4, 0.5) is 0 Å². The van der Waals surface area contributed by atoms with Crippen molar-refractivity contribution in [3.8, 4) is 0 Å². The van der Waals surface area contributed by atoms with Crippen molar-refractivity contribution >= 4 is 11.8 Å². The van der Waals surface area contributed by atoms with E-state index >= 15 is 0 Å². The molecule has 5 heteroatoms. The number of hydrogen-bond acceptors (Lipinski definition) is 5. The first-order valence-corrected chi connectivity index (χ1v) is 7.17. The number of nitrogens with zero attached hydrogens (tertiary/aromatic N) is 2. The molecule has 0 aliphatic carbocycles. The Kier molecular flexibility index (Phi) is 5.46. The van der Waals surface area contributed by atoms with E-state index in [0.717, 1.165) is 30.8 Å². The number of thioether (sulfide) groups is 1. The Morgan fingerprint density at radius 1 is 1.47 bits per heavy atom. The molecule has 1 unspecified atom stereocenters. The first kappa shape index (κ1) is 14.5. The molecule has 0 aliphatic heterocycles. The molecule has 2 N–H and O–H groups in total. The van der Waals surface area contributed by atoms with Gasteiger partial charge in [0, 0.05) is 17.2 Å². The van der Waals surface area contributed by atoms with E-state index in [1.165, 1.54) is 0 Å². The summed E-state index contributed by atoms with van der Waals surface area (Å²) in [5.74, 6) is 2.31. The van der Waals surface area contributed by atoms with Crippen LogP contribution in [0.3, 0.4) is 0 Å². The normalized spacial score (nSPS) is 13.9. The SMILES string of the molecule is CCC(C)SCc1noc(CCC(C)(C)N)n1.